The van der Waals surface area contributed by atoms with Crippen LogP contribution in [0, 0.1) is 0 Å². The van der Waals surface area contributed by atoms with E-state index in [9.17, 15) is 4.79 Å². The summed E-state index contributed by atoms with van der Waals surface area (Å²) in [6, 6.07) is 19.9. The predicted octanol–water partition coefficient (Wildman–Crippen LogP) is 5.39. The molecule has 2 aromatic carbocycles. The van der Waals surface area contributed by atoms with Crippen molar-refractivity contribution in [2.75, 3.05) is 11.4 Å². The maximum atomic E-state index is 13.9. The normalized spacial score (nSPS) is 18.3. The molecule has 5 heteroatoms. The lowest BCUT2D eigenvalue weighted by Crippen LogP contribution is -2.41. The molecule has 0 N–H and O–H groups in total. The number of carbonyl (C=O) groups is 1. The number of hydrogen-bond acceptors (Lipinski definition) is 2. The minimum atomic E-state index is 0.0240. The van der Waals surface area contributed by atoms with Crippen molar-refractivity contribution >= 4 is 17.4 Å². The number of likely N-dealkylation sites (tertiary alicyclic amines) is 1. The molecule has 1 fully saturated rings. The molecule has 1 aliphatic heterocycles. The molecule has 5 rings (SSSR count). The Kier molecular flexibility index (Phi) is 5.03. The SMILES string of the molecule is Cn1c(C2CCCN2C(=O)N(c2ccccc2)c2ccccc2)nc2c1CCCC2. The fourth-order valence-electron chi connectivity index (χ4n) is 4.92. The minimum Gasteiger partial charge on any atom is -0.333 e. The largest absolute Gasteiger partial charge is 0.333 e. The standard InChI is InChI=1S/C25H28N4O/c1-27-22-16-9-8-15-21(22)26-24(27)23-17-10-18-28(23)25(30)29(19-11-4-2-5-12-19)20-13-6-3-7-14-20/h2-7,11-14,23H,8-10,15-18H2,1H3. The van der Waals surface area contributed by atoms with Crippen LogP contribution in [-0.2, 0) is 19.9 Å². The zero-order valence-electron chi connectivity index (χ0n) is 17.5. The van der Waals surface area contributed by atoms with Crippen molar-refractivity contribution in [3.63, 3.8) is 0 Å². The molecule has 1 saturated heterocycles. The van der Waals surface area contributed by atoms with Gasteiger partial charge in [0.1, 0.15) is 5.82 Å². The summed E-state index contributed by atoms with van der Waals surface area (Å²) in [5.74, 6) is 1.05. The highest BCUT2D eigenvalue weighted by atomic mass is 16.2. The van der Waals surface area contributed by atoms with Crippen molar-refractivity contribution in [1.82, 2.24) is 14.5 Å². The Morgan fingerprint density at radius 3 is 2.20 bits per heavy atom. The van der Waals surface area contributed by atoms with Gasteiger partial charge in [0.2, 0.25) is 0 Å². The lowest BCUT2D eigenvalue weighted by atomic mass is 10.0. The van der Waals surface area contributed by atoms with E-state index in [1.807, 2.05) is 70.5 Å². The third-order valence-electron chi connectivity index (χ3n) is 6.42. The molecule has 154 valence electrons. The maximum Gasteiger partial charge on any atom is 0.329 e. The van der Waals surface area contributed by atoms with Gasteiger partial charge in [-0.3, -0.25) is 4.90 Å². The molecule has 0 spiro atoms. The molecule has 1 aliphatic carbocycles. The van der Waals surface area contributed by atoms with E-state index in [0.29, 0.717) is 0 Å². The lowest BCUT2D eigenvalue weighted by Gasteiger charge is -2.32. The summed E-state index contributed by atoms with van der Waals surface area (Å²) in [6.45, 7) is 0.761. The Labute approximate surface area is 178 Å². The van der Waals surface area contributed by atoms with Crippen LogP contribution in [0.1, 0.15) is 48.9 Å². The number of para-hydroxylation sites is 2. The second-order valence-electron chi connectivity index (χ2n) is 8.27. The van der Waals surface area contributed by atoms with Crippen LogP contribution >= 0.6 is 0 Å². The van der Waals surface area contributed by atoms with E-state index in [4.69, 9.17) is 4.98 Å². The Morgan fingerprint density at radius 2 is 1.57 bits per heavy atom. The van der Waals surface area contributed by atoms with Crippen LogP contribution in [0.4, 0.5) is 16.2 Å². The zero-order chi connectivity index (χ0) is 20.5. The predicted molar refractivity (Wildman–Crippen MR) is 119 cm³/mol. The zero-order valence-corrected chi connectivity index (χ0v) is 17.5. The van der Waals surface area contributed by atoms with Crippen LogP contribution in [0.15, 0.2) is 60.7 Å². The Hall–Kier alpha value is -3.08. The van der Waals surface area contributed by atoms with Gasteiger partial charge in [-0.1, -0.05) is 36.4 Å². The van der Waals surface area contributed by atoms with E-state index < -0.39 is 0 Å². The first-order chi connectivity index (χ1) is 14.7. The number of rotatable bonds is 3. The minimum absolute atomic E-state index is 0.0240. The highest BCUT2D eigenvalue weighted by Crippen LogP contribution is 2.37. The highest BCUT2D eigenvalue weighted by molar-refractivity contribution is 5.99. The molecule has 2 heterocycles. The quantitative estimate of drug-likeness (QED) is 0.591. The molecular weight excluding hydrogens is 372 g/mol. The molecule has 0 saturated carbocycles. The smallest absolute Gasteiger partial charge is 0.329 e. The van der Waals surface area contributed by atoms with Crippen molar-refractivity contribution in [3.8, 4) is 0 Å². The highest BCUT2D eigenvalue weighted by Gasteiger charge is 2.37. The average Bonchev–Trinajstić information content (AvgIpc) is 3.40. The van der Waals surface area contributed by atoms with Crippen LogP contribution in [0.5, 0.6) is 0 Å². The summed E-state index contributed by atoms with van der Waals surface area (Å²) in [7, 11) is 2.12. The van der Waals surface area contributed by atoms with Crippen LogP contribution in [0.2, 0.25) is 0 Å². The monoisotopic (exact) mass is 400 g/mol. The van der Waals surface area contributed by atoms with Crippen molar-refractivity contribution in [1.29, 1.82) is 0 Å². The van der Waals surface area contributed by atoms with Gasteiger partial charge in [-0.25, -0.2) is 9.78 Å². The van der Waals surface area contributed by atoms with Gasteiger partial charge in [0.15, 0.2) is 0 Å². The number of urea groups is 1. The fraction of sp³-hybridized carbons (Fsp3) is 0.360. The third-order valence-corrected chi connectivity index (χ3v) is 6.42. The number of anilines is 2. The van der Waals surface area contributed by atoms with Crippen LogP contribution < -0.4 is 4.90 Å². The van der Waals surface area contributed by atoms with Gasteiger partial charge in [-0.15, -0.1) is 0 Å². The molecule has 0 bridgehead atoms. The molecular formula is C25H28N4O. The summed E-state index contributed by atoms with van der Waals surface area (Å²) in [6.07, 6.45) is 6.57. The van der Waals surface area contributed by atoms with Gasteiger partial charge in [0.25, 0.3) is 0 Å². The second kappa shape index (κ2) is 7.98. The molecule has 1 aromatic heterocycles. The van der Waals surface area contributed by atoms with Crippen LogP contribution in [0.25, 0.3) is 0 Å². The van der Waals surface area contributed by atoms with Gasteiger partial charge >= 0.3 is 6.03 Å². The first-order valence-electron chi connectivity index (χ1n) is 11.0. The van der Waals surface area contributed by atoms with Crippen LogP contribution in [-0.4, -0.2) is 27.0 Å². The van der Waals surface area contributed by atoms with Crippen molar-refractivity contribution < 1.29 is 4.79 Å². The average molecular weight is 401 g/mol. The van der Waals surface area contributed by atoms with E-state index in [2.05, 4.69) is 11.6 Å². The second-order valence-corrected chi connectivity index (χ2v) is 8.27. The fourth-order valence-corrected chi connectivity index (χ4v) is 4.92. The number of aromatic nitrogens is 2. The van der Waals surface area contributed by atoms with Crippen molar-refractivity contribution in [2.45, 2.75) is 44.6 Å². The first kappa shape index (κ1) is 18.9. The van der Waals surface area contributed by atoms with E-state index in [-0.39, 0.29) is 12.1 Å². The Morgan fingerprint density at radius 1 is 0.933 bits per heavy atom. The maximum absolute atomic E-state index is 13.9. The molecule has 0 radical (unpaired) electrons. The first-order valence-corrected chi connectivity index (χ1v) is 11.0. The number of nitrogens with zero attached hydrogens (tertiary/aromatic N) is 4. The van der Waals surface area contributed by atoms with Gasteiger partial charge < -0.3 is 9.47 Å². The molecule has 2 amide bonds. The number of imidazole rings is 1. The third kappa shape index (κ3) is 3.28. The van der Waals surface area contributed by atoms with E-state index >= 15 is 0 Å². The summed E-state index contributed by atoms with van der Waals surface area (Å²) in [5, 5.41) is 0. The summed E-state index contributed by atoms with van der Waals surface area (Å²) in [4.78, 5) is 22.8. The molecule has 30 heavy (non-hydrogen) atoms. The number of benzene rings is 2. The molecule has 3 aromatic rings. The van der Waals surface area contributed by atoms with E-state index in [1.54, 1.807) is 0 Å². The summed E-state index contributed by atoms with van der Waals surface area (Å²) in [5.41, 5.74) is 4.37. The van der Waals surface area contributed by atoms with Gasteiger partial charge in [-0.05, 0) is 62.8 Å². The topological polar surface area (TPSA) is 41.4 Å². The number of hydrogen-bond donors (Lipinski definition) is 0. The molecule has 5 nitrogen and oxygen atoms in total. The van der Waals surface area contributed by atoms with Crippen molar-refractivity contribution in [2.24, 2.45) is 7.05 Å². The van der Waals surface area contributed by atoms with Gasteiger partial charge in [0.05, 0.1) is 23.1 Å². The lowest BCUT2D eigenvalue weighted by molar-refractivity contribution is 0.199. The molecule has 1 unspecified atom stereocenters. The summed E-state index contributed by atoms with van der Waals surface area (Å²) >= 11 is 0. The molecule has 2 aliphatic rings. The van der Waals surface area contributed by atoms with Gasteiger partial charge in [0, 0.05) is 19.3 Å². The van der Waals surface area contributed by atoms with E-state index in [1.165, 1.54) is 24.2 Å². The number of aryl methyl sites for hydroxylation is 1. The number of amides is 2. The Bertz CT molecular complexity index is 989. The molecule has 1 atom stereocenters. The van der Waals surface area contributed by atoms with Crippen molar-refractivity contribution in [3.05, 3.63) is 77.9 Å². The number of carbonyl (C=O) groups excluding carboxylic acids is 1. The van der Waals surface area contributed by atoms with Gasteiger partial charge in [-0.2, -0.15) is 0 Å². The van der Waals surface area contributed by atoms with Crippen LogP contribution in [0.3, 0.4) is 0 Å². The summed E-state index contributed by atoms with van der Waals surface area (Å²) < 4.78 is 2.26. The Balaban J connectivity index is 1.51. The number of fused-ring (bicyclic) bond motifs is 1. The van der Waals surface area contributed by atoms with E-state index in [0.717, 1.165) is 49.4 Å².